The van der Waals surface area contributed by atoms with Gasteiger partial charge in [-0.2, -0.15) is 0 Å². The minimum absolute atomic E-state index is 0.119. The molecule has 0 radical (unpaired) electrons. The average molecular weight is 458 g/mol. The minimum Gasteiger partial charge on any atom is -0.466 e. The molecule has 2 fully saturated rings. The van der Waals surface area contributed by atoms with Crippen LogP contribution < -0.4 is 10.6 Å². The summed E-state index contributed by atoms with van der Waals surface area (Å²) in [7, 11) is 1.38. The van der Waals surface area contributed by atoms with Crippen LogP contribution in [0.4, 0.5) is 9.93 Å². The van der Waals surface area contributed by atoms with E-state index in [-0.39, 0.29) is 12.1 Å². The maximum atomic E-state index is 13.1. The number of carbonyl (C=O) groups is 2. The summed E-state index contributed by atoms with van der Waals surface area (Å²) in [5, 5.41) is 15.7. The lowest BCUT2D eigenvalue weighted by Crippen LogP contribution is -2.50. The molecule has 2 aliphatic carbocycles. The fourth-order valence-corrected chi connectivity index (χ4v) is 5.51. The van der Waals surface area contributed by atoms with Crippen molar-refractivity contribution in [2.75, 3.05) is 18.2 Å². The van der Waals surface area contributed by atoms with E-state index in [2.05, 4.69) is 20.8 Å². The smallest absolute Gasteiger partial charge is 0.338 e. The summed E-state index contributed by atoms with van der Waals surface area (Å²) in [5.74, 6) is 0.0129. The number of nitrogens with one attached hydrogen (secondary N) is 2. The summed E-state index contributed by atoms with van der Waals surface area (Å²) in [6.07, 6.45) is 4.20. The molecule has 31 heavy (non-hydrogen) atoms. The molecule has 3 aliphatic rings. The number of aromatic nitrogens is 2. The first kappa shape index (κ1) is 20.3. The molecule has 2 heterocycles. The highest BCUT2D eigenvalue weighted by Crippen LogP contribution is 2.40. The number of methoxy groups -OCH3 is 1. The first-order chi connectivity index (χ1) is 15.1. The Morgan fingerprint density at radius 1 is 1.26 bits per heavy atom. The highest BCUT2D eigenvalue weighted by atomic mass is 32.2. The molecule has 1 aromatic heterocycles. The molecule has 5 rings (SSSR count). The number of urea groups is 1. The van der Waals surface area contributed by atoms with Crippen molar-refractivity contribution in [2.45, 2.75) is 48.1 Å². The number of benzene rings is 1. The van der Waals surface area contributed by atoms with Gasteiger partial charge in [0.25, 0.3) is 0 Å². The van der Waals surface area contributed by atoms with Crippen LogP contribution in [0.2, 0.25) is 0 Å². The van der Waals surface area contributed by atoms with Crippen molar-refractivity contribution in [1.29, 1.82) is 0 Å². The SMILES string of the molecule is COC(=O)C1=C(CSc2nnc(NC3CC3)s2)N(C2CC2)C(=O)NC1c1ccccc1. The van der Waals surface area contributed by atoms with E-state index in [1.807, 2.05) is 30.3 Å². The van der Waals surface area contributed by atoms with E-state index < -0.39 is 12.0 Å². The molecule has 0 saturated heterocycles. The van der Waals surface area contributed by atoms with Crippen LogP contribution in [0.1, 0.15) is 37.3 Å². The first-order valence-corrected chi connectivity index (χ1v) is 12.1. The number of nitrogens with zero attached hydrogens (tertiary/aromatic N) is 3. The molecule has 10 heteroatoms. The molecule has 0 bridgehead atoms. The molecule has 1 unspecified atom stereocenters. The van der Waals surface area contributed by atoms with Gasteiger partial charge >= 0.3 is 12.0 Å². The van der Waals surface area contributed by atoms with E-state index in [0.717, 1.165) is 27.9 Å². The van der Waals surface area contributed by atoms with Crippen molar-refractivity contribution in [2.24, 2.45) is 0 Å². The Morgan fingerprint density at radius 3 is 2.71 bits per heavy atom. The lowest BCUT2D eigenvalue weighted by Gasteiger charge is -2.36. The minimum atomic E-state index is -0.548. The van der Waals surface area contributed by atoms with Crippen molar-refractivity contribution in [1.82, 2.24) is 20.4 Å². The van der Waals surface area contributed by atoms with Crippen LogP contribution >= 0.6 is 23.1 Å². The molecule has 8 nitrogen and oxygen atoms in total. The fourth-order valence-electron chi connectivity index (χ4n) is 3.65. The van der Waals surface area contributed by atoms with Crippen LogP contribution in [0.3, 0.4) is 0 Å². The number of hydrogen-bond donors (Lipinski definition) is 2. The zero-order chi connectivity index (χ0) is 21.4. The van der Waals surface area contributed by atoms with Crippen molar-refractivity contribution in [3.8, 4) is 0 Å². The Hall–Kier alpha value is -2.59. The van der Waals surface area contributed by atoms with E-state index in [0.29, 0.717) is 23.1 Å². The number of carbonyl (C=O) groups excluding carboxylic acids is 2. The third-order valence-electron chi connectivity index (χ3n) is 5.47. The van der Waals surface area contributed by atoms with Crippen molar-refractivity contribution >= 4 is 40.2 Å². The van der Waals surface area contributed by atoms with Gasteiger partial charge in [-0.3, -0.25) is 4.90 Å². The van der Waals surface area contributed by atoms with Gasteiger partial charge in [0.15, 0.2) is 4.34 Å². The van der Waals surface area contributed by atoms with Crippen LogP contribution in [0.5, 0.6) is 0 Å². The molecule has 1 aliphatic heterocycles. The van der Waals surface area contributed by atoms with Crippen LogP contribution in [-0.4, -0.2) is 52.0 Å². The molecule has 162 valence electrons. The summed E-state index contributed by atoms with van der Waals surface area (Å²) in [6.45, 7) is 0. The van der Waals surface area contributed by atoms with Crippen LogP contribution in [0.25, 0.3) is 0 Å². The number of rotatable bonds is 8. The Bertz CT molecular complexity index is 1020. The number of anilines is 1. The maximum absolute atomic E-state index is 13.1. The van der Waals surface area contributed by atoms with E-state index in [1.165, 1.54) is 43.1 Å². The summed E-state index contributed by atoms with van der Waals surface area (Å²) in [4.78, 5) is 27.7. The van der Waals surface area contributed by atoms with Gasteiger partial charge in [0.1, 0.15) is 0 Å². The maximum Gasteiger partial charge on any atom is 0.338 e. The molecule has 2 aromatic rings. The molecular weight excluding hydrogens is 434 g/mol. The molecule has 2 N–H and O–H groups in total. The normalized spacial score (nSPS) is 21.1. The Morgan fingerprint density at radius 2 is 2.03 bits per heavy atom. The molecule has 2 amide bonds. The van der Waals surface area contributed by atoms with Crippen molar-refractivity contribution in [3.05, 3.63) is 47.2 Å². The predicted molar refractivity (Wildman–Crippen MR) is 119 cm³/mol. The second-order valence-corrected chi connectivity index (χ2v) is 10.0. The second-order valence-electron chi connectivity index (χ2n) is 7.83. The summed E-state index contributed by atoms with van der Waals surface area (Å²) in [5.41, 5.74) is 2.03. The zero-order valence-electron chi connectivity index (χ0n) is 17.0. The van der Waals surface area contributed by atoms with Gasteiger partial charge in [-0.1, -0.05) is 53.4 Å². The van der Waals surface area contributed by atoms with E-state index in [4.69, 9.17) is 4.74 Å². The molecule has 2 saturated carbocycles. The predicted octanol–water partition coefficient (Wildman–Crippen LogP) is 3.56. The van der Waals surface area contributed by atoms with Crippen molar-refractivity contribution < 1.29 is 14.3 Å². The molecule has 1 atom stereocenters. The highest BCUT2D eigenvalue weighted by Gasteiger charge is 2.44. The van der Waals surface area contributed by atoms with E-state index in [1.54, 1.807) is 4.90 Å². The van der Waals surface area contributed by atoms with E-state index in [9.17, 15) is 9.59 Å². The molecule has 0 spiro atoms. The highest BCUT2D eigenvalue weighted by molar-refractivity contribution is 8.01. The number of hydrogen-bond acceptors (Lipinski definition) is 8. The number of thioether (sulfide) groups is 1. The van der Waals surface area contributed by atoms with Gasteiger partial charge < -0.3 is 15.4 Å². The summed E-state index contributed by atoms with van der Waals surface area (Å²) < 4.78 is 5.95. The van der Waals surface area contributed by atoms with Gasteiger partial charge in [-0.05, 0) is 31.2 Å². The topological polar surface area (TPSA) is 96.4 Å². The number of amides is 2. The molecular formula is C21H23N5O3S2. The van der Waals surface area contributed by atoms with Crippen molar-refractivity contribution in [3.63, 3.8) is 0 Å². The lowest BCUT2D eigenvalue weighted by molar-refractivity contribution is -0.136. The van der Waals surface area contributed by atoms with Gasteiger partial charge in [0.2, 0.25) is 5.13 Å². The number of esters is 1. The number of ether oxygens (including phenoxy) is 1. The Balaban J connectivity index is 1.47. The zero-order valence-corrected chi connectivity index (χ0v) is 18.7. The lowest BCUT2D eigenvalue weighted by atomic mass is 9.95. The van der Waals surface area contributed by atoms with Crippen LogP contribution in [-0.2, 0) is 9.53 Å². The standard InChI is InChI=1S/C21H23N5O3S2/c1-29-18(27)16-15(11-30-21-25-24-19(31-21)22-13-7-8-13)26(14-9-10-14)20(28)23-17(16)12-5-3-2-4-6-12/h2-6,13-14,17H,7-11H2,1H3,(H,22,24)(H,23,28). The monoisotopic (exact) mass is 457 g/mol. The Kier molecular flexibility index (Phi) is 5.58. The van der Waals surface area contributed by atoms with Crippen LogP contribution in [0, 0.1) is 0 Å². The third kappa shape index (κ3) is 4.40. The Labute approximate surface area is 188 Å². The summed E-state index contributed by atoms with van der Waals surface area (Å²) >= 11 is 2.99. The summed E-state index contributed by atoms with van der Waals surface area (Å²) in [6, 6.07) is 9.43. The van der Waals surface area contributed by atoms with Gasteiger partial charge in [0.05, 0.1) is 18.7 Å². The quantitative estimate of drug-likeness (QED) is 0.462. The third-order valence-corrected chi connectivity index (χ3v) is 7.47. The van der Waals surface area contributed by atoms with Crippen LogP contribution in [0.15, 0.2) is 45.9 Å². The van der Waals surface area contributed by atoms with E-state index >= 15 is 0 Å². The second kappa shape index (κ2) is 8.51. The largest absolute Gasteiger partial charge is 0.466 e. The first-order valence-electron chi connectivity index (χ1n) is 10.3. The van der Waals surface area contributed by atoms with Gasteiger partial charge in [-0.25, -0.2) is 9.59 Å². The van der Waals surface area contributed by atoms with Gasteiger partial charge in [-0.15, -0.1) is 10.2 Å². The van der Waals surface area contributed by atoms with Gasteiger partial charge in [0, 0.05) is 23.5 Å². The average Bonchev–Trinajstić information content (AvgIpc) is 3.72. The molecule has 1 aromatic carbocycles. The fraction of sp³-hybridized carbons (Fsp3) is 0.429.